The van der Waals surface area contributed by atoms with Crippen LogP contribution in [0.25, 0.3) is 11.5 Å². The van der Waals surface area contributed by atoms with E-state index in [0.717, 1.165) is 5.56 Å². The van der Waals surface area contributed by atoms with Crippen LogP contribution in [0.1, 0.15) is 22.7 Å². The minimum atomic E-state index is 0.0788. The zero-order valence-electron chi connectivity index (χ0n) is 11.4. The maximum absolute atomic E-state index is 12.0. The molecule has 0 spiro atoms. The number of Topliss-reactive ketones (excluding diaryl/α,β-unsaturated/α-hetero) is 1. The predicted octanol–water partition coefficient (Wildman–Crippen LogP) is 3.55. The van der Waals surface area contributed by atoms with Gasteiger partial charge in [-0.05, 0) is 12.1 Å². The third-order valence-corrected chi connectivity index (χ3v) is 3.15. The molecule has 1 aromatic heterocycles. The van der Waals surface area contributed by atoms with Crippen molar-refractivity contribution in [2.24, 2.45) is 0 Å². The van der Waals surface area contributed by atoms with Gasteiger partial charge in [-0.15, -0.1) is 10.2 Å². The number of benzene rings is 2. The monoisotopic (exact) mass is 278 g/mol. The van der Waals surface area contributed by atoms with Gasteiger partial charge in [0.2, 0.25) is 11.8 Å². The molecule has 0 saturated carbocycles. The van der Waals surface area contributed by atoms with E-state index in [1.165, 1.54) is 0 Å². The van der Waals surface area contributed by atoms with E-state index in [1.807, 2.05) is 60.7 Å². The van der Waals surface area contributed by atoms with E-state index in [1.54, 1.807) is 0 Å². The van der Waals surface area contributed by atoms with Crippen LogP contribution in [0.5, 0.6) is 0 Å². The smallest absolute Gasteiger partial charge is 0.247 e. The van der Waals surface area contributed by atoms with Gasteiger partial charge in [-0.2, -0.15) is 0 Å². The maximum atomic E-state index is 12.0. The molecule has 0 aliphatic carbocycles. The summed E-state index contributed by atoms with van der Waals surface area (Å²) in [7, 11) is 0. The largest absolute Gasteiger partial charge is 0.421 e. The van der Waals surface area contributed by atoms with Gasteiger partial charge in [-0.3, -0.25) is 4.79 Å². The molecule has 104 valence electrons. The molecule has 0 aliphatic rings. The fourth-order valence-corrected chi connectivity index (χ4v) is 2.04. The lowest BCUT2D eigenvalue weighted by atomic mass is 10.1. The van der Waals surface area contributed by atoms with Crippen LogP contribution < -0.4 is 0 Å². The van der Waals surface area contributed by atoms with Crippen molar-refractivity contribution in [2.75, 3.05) is 0 Å². The number of carbonyl (C=O) groups excluding carboxylic acids is 1. The molecule has 21 heavy (non-hydrogen) atoms. The fraction of sp³-hybridized carbons (Fsp3) is 0.118. The average Bonchev–Trinajstić information content (AvgIpc) is 3.03. The Bertz CT molecular complexity index is 721. The highest BCUT2D eigenvalue weighted by Gasteiger charge is 2.11. The van der Waals surface area contributed by atoms with Gasteiger partial charge < -0.3 is 4.42 Å². The van der Waals surface area contributed by atoms with Gasteiger partial charge in [0.15, 0.2) is 5.78 Å². The van der Waals surface area contributed by atoms with Gasteiger partial charge in [0, 0.05) is 24.0 Å². The molecule has 0 saturated heterocycles. The second-order valence-electron chi connectivity index (χ2n) is 4.66. The second kappa shape index (κ2) is 6.13. The lowest BCUT2D eigenvalue weighted by Gasteiger charge is -1.98. The van der Waals surface area contributed by atoms with Crippen molar-refractivity contribution in [3.8, 4) is 11.5 Å². The number of aromatic nitrogens is 2. The zero-order chi connectivity index (χ0) is 14.5. The number of hydrogen-bond acceptors (Lipinski definition) is 4. The van der Waals surface area contributed by atoms with E-state index in [9.17, 15) is 4.79 Å². The summed E-state index contributed by atoms with van der Waals surface area (Å²) in [6.45, 7) is 0. The molecule has 0 radical (unpaired) electrons. The van der Waals surface area contributed by atoms with E-state index in [0.29, 0.717) is 30.2 Å². The molecule has 1 heterocycles. The van der Waals surface area contributed by atoms with Crippen LogP contribution in [-0.2, 0) is 6.42 Å². The zero-order valence-corrected chi connectivity index (χ0v) is 11.4. The molecule has 3 aromatic rings. The summed E-state index contributed by atoms with van der Waals surface area (Å²) < 4.78 is 5.58. The first-order valence-electron chi connectivity index (χ1n) is 6.79. The Balaban J connectivity index is 1.64. The Hall–Kier alpha value is -2.75. The number of hydrogen-bond donors (Lipinski definition) is 0. The van der Waals surface area contributed by atoms with E-state index >= 15 is 0 Å². The molecule has 0 atom stereocenters. The van der Waals surface area contributed by atoms with Crippen LogP contribution in [-0.4, -0.2) is 16.0 Å². The summed E-state index contributed by atoms with van der Waals surface area (Å²) in [5.74, 6) is 1.05. The van der Waals surface area contributed by atoms with Crippen molar-refractivity contribution >= 4 is 5.78 Å². The van der Waals surface area contributed by atoms with Gasteiger partial charge in [-0.1, -0.05) is 48.5 Å². The van der Waals surface area contributed by atoms with Crippen LogP contribution >= 0.6 is 0 Å². The first-order valence-corrected chi connectivity index (χ1v) is 6.79. The van der Waals surface area contributed by atoms with Gasteiger partial charge in [0.1, 0.15) is 0 Å². The van der Waals surface area contributed by atoms with Crippen LogP contribution in [0, 0.1) is 0 Å². The van der Waals surface area contributed by atoms with Crippen LogP contribution in [0.4, 0.5) is 0 Å². The van der Waals surface area contributed by atoms with Crippen molar-refractivity contribution in [3.05, 3.63) is 72.1 Å². The van der Waals surface area contributed by atoms with Crippen molar-refractivity contribution in [2.45, 2.75) is 12.8 Å². The van der Waals surface area contributed by atoms with Crippen LogP contribution in [0.3, 0.4) is 0 Å². The number of carbonyl (C=O) groups is 1. The first-order chi connectivity index (χ1) is 10.3. The molecule has 0 unspecified atom stereocenters. The molecular weight excluding hydrogens is 264 g/mol. The number of ketones is 1. The number of nitrogens with zero attached hydrogens (tertiary/aromatic N) is 2. The summed E-state index contributed by atoms with van der Waals surface area (Å²) in [6.07, 6.45) is 0.813. The Kier molecular flexibility index (Phi) is 3.87. The summed E-state index contributed by atoms with van der Waals surface area (Å²) >= 11 is 0. The lowest BCUT2D eigenvalue weighted by Crippen LogP contribution is -2.00. The van der Waals surface area contributed by atoms with E-state index in [2.05, 4.69) is 10.2 Å². The Morgan fingerprint density at radius 3 is 2.29 bits per heavy atom. The topological polar surface area (TPSA) is 56.0 Å². The van der Waals surface area contributed by atoms with Crippen molar-refractivity contribution < 1.29 is 9.21 Å². The van der Waals surface area contributed by atoms with Crippen molar-refractivity contribution in [1.82, 2.24) is 10.2 Å². The summed E-state index contributed by atoms with van der Waals surface area (Å²) in [6, 6.07) is 18.8. The standard InChI is InChI=1S/C17H14N2O2/c20-15(13-7-3-1-4-8-13)11-12-16-18-19-17(21-16)14-9-5-2-6-10-14/h1-10H,11-12H2. The SMILES string of the molecule is O=C(CCc1nnc(-c2ccccc2)o1)c1ccccc1. The second-order valence-corrected chi connectivity index (χ2v) is 4.66. The highest BCUT2D eigenvalue weighted by atomic mass is 16.4. The predicted molar refractivity (Wildman–Crippen MR) is 78.8 cm³/mol. The van der Waals surface area contributed by atoms with Crippen LogP contribution in [0.15, 0.2) is 65.1 Å². The van der Waals surface area contributed by atoms with Gasteiger partial charge in [0.25, 0.3) is 0 Å². The average molecular weight is 278 g/mol. The molecule has 3 rings (SSSR count). The summed E-state index contributed by atoms with van der Waals surface area (Å²) in [5, 5.41) is 8.00. The van der Waals surface area contributed by atoms with Gasteiger partial charge in [0.05, 0.1) is 0 Å². The molecule has 0 aliphatic heterocycles. The first kappa shape index (κ1) is 13.2. The maximum Gasteiger partial charge on any atom is 0.247 e. The number of rotatable bonds is 5. The Morgan fingerprint density at radius 1 is 0.905 bits per heavy atom. The fourth-order valence-electron chi connectivity index (χ4n) is 2.04. The minimum Gasteiger partial charge on any atom is -0.421 e. The highest BCUT2D eigenvalue weighted by Crippen LogP contribution is 2.17. The van der Waals surface area contributed by atoms with E-state index in [4.69, 9.17) is 4.42 Å². The van der Waals surface area contributed by atoms with E-state index in [-0.39, 0.29) is 5.78 Å². The Morgan fingerprint density at radius 2 is 1.57 bits per heavy atom. The summed E-state index contributed by atoms with van der Waals surface area (Å²) in [4.78, 5) is 12.0. The highest BCUT2D eigenvalue weighted by molar-refractivity contribution is 5.96. The van der Waals surface area contributed by atoms with Crippen molar-refractivity contribution in [1.29, 1.82) is 0 Å². The molecule has 0 fully saturated rings. The molecular formula is C17H14N2O2. The normalized spacial score (nSPS) is 10.5. The van der Waals surface area contributed by atoms with E-state index < -0.39 is 0 Å². The van der Waals surface area contributed by atoms with Crippen LogP contribution in [0.2, 0.25) is 0 Å². The third-order valence-electron chi connectivity index (χ3n) is 3.15. The lowest BCUT2D eigenvalue weighted by molar-refractivity contribution is 0.0980. The molecule has 4 heteroatoms. The quantitative estimate of drug-likeness (QED) is 0.670. The molecule has 0 bridgehead atoms. The minimum absolute atomic E-state index is 0.0788. The summed E-state index contributed by atoms with van der Waals surface area (Å²) in [5.41, 5.74) is 1.59. The van der Waals surface area contributed by atoms with Gasteiger partial charge in [-0.25, -0.2) is 0 Å². The third kappa shape index (κ3) is 3.23. The molecule has 4 nitrogen and oxygen atoms in total. The Labute approximate surface area is 122 Å². The molecule has 0 amide bonds. The van der Waals surface area contributed by atoms with Crippen molar-refractivity contribution in [3.63, 3.8) is 0 Å². The molecule has 2 aromatic carbocycles. The molecule has 0 N–H and O–H groups in total. The number of aryl methyl sites for hydroxylation is 1. The van der Waals surface area contributed by atoms with Gasteiger partial charge >= 0.3 is 0 Å².